The lowest BCUT2D eigenvalue weighted by Gasteiger charge is -2.57. The van der Waals surface area contributed by atoms with E-state index in [1.54, 1.807) is 0 Å². The van der Waals surface area contributed by atoms with Crippen LogP contribution in [-0.4, -0.2) is 22.9 Å². The molecule has 0 radical (unpaired) electrons. The first-order valence-electron chi connectivity index (χ1n) is 9.77. The van der Waals surface area contributed by atoms with E-state index in [0.717, 1.165) is 24.2 Å². The fourth-order valence-corrected chi connectivity index (χ4v) is 6.36. The second kappa shape index (κ2) is 5.24. The first-order chi connectivity index (χ1) is 10.5. The van der Waals surface area contributed by atoms with Crippen LogP contribution in [0.5, 0.6) is 0 Å². The van der Waals surface area contributed by atoms with Crippen LogP contribution in [0.3, 0.4) is 0 Å². The number of rotatable bonds is 5. The van der Waals surface area contributed by atoms with Crippen molar-refractivity contribution in [3.63, 3.8) is 0 Å². The Morgan fingerprint density at radius 1 is 1.00 bits per heavy atom. The Morgan fingerprint density at radius 2 is 1.50 bits per heavy atom. The maximum absolute atomic E-state index is 13.2. The van der Waals surface area contributed by atoms with Gasteiger partial charge in [-0.2, -0.15) is 0 Å². The second-order valence-electron chi connectivity index (χ2n) is 9.61. The highest BCUT2D eigenvalue weighted by molar-refractivity contribution is 5.78. The Morgan fingerprint density at radius 3 is 1.91 bits per heavy atom. The van der Waals surface area contributed by atoms with Crippen molar-refractivity contribution in [1.29, 1.82) is 0 Å². The van der Waals surface area contributed by atoms with Gasteiger partial charge >= 0.3 is 0 Å². The van der Waals surface area contributed by atoms with E-state index in [0.29, 0.717) is 29.3 Å². The largest absolute Gasteiger partial charge is 0.337 e. The molecule has 0 aromatic carbocycles. The molecule has 0 aliphatic heterocycles. The lowest BCUT2D eigenvalue weighted by atomic mass is 9.49. The molecule has 0 aromatic heterocycles. The second-order valence-corrected chi connectivity index (χ2v) is 9.61. The van der Waals surface area contributed by atoms with E-state index in [2.05, 4.69) is 25.7 Å². The summed E-state index contributed by atoms with van der Waals surface area (Å²) >= 11 is 0. The Bertz CT molecular complexity index is 415. The molecule has 5 saturated carbocycles. The van der Waals surface area contributed by atoms with Crippen molar-refractivity contribution in [2.75, 3.05) is 0 Å². The minimum absolute atomic E-state index is 0.398. The number of hydrogen-bond donors (Lipinski definition) is 0. The Kier molecular flexibility index (Phi) is 3.58. The predicted octanol–water partition coefficient (Wildman–Crippen LogP) is 4.63. The number of hydrogen-bond acceptors (Lipinski definition) is 1. The first-order valence-corrected chi connectivity index (χ1v) is 9.77. The van der Waals surface area contributed by atoms with Crippen LogP contribution in [0.1, 0.15) is 78.6 Å². The molecule has 0 saturated heterocycles. The van der Waals surface area contributed by atoms with Crippen LogP contribution in [0.25, 0.3) is 0 Å². The SMILES string of the molecule is CC(C)[C@H](C)N(C(=O)CC12CC3CC(CC(C3)C1)C2)C1CC1. The van der Waals surface area contributed by atoms with Crippen molar-refractivity contribution >= 4 is 5.91 Å². The molecule has 5 aliphatic carbocycles. The van der Waals surface area contributed by atoms with E-state index in [9.17, 15) is 4.79 Å². The molecule has 5 aliphatic rings. The van der Waals surface area contributed by atoms with Gasteiger partial charge in [-0.25, -0.2) is 0 Å². The molecule has 4 bridgehead atoms. The van der Waals surface area contributed by atoms with E-state index >= 15 is 0 Å². The van der Waals surface area contributed by atoms with Crippen LogP contribution < -0.4 is 0 Å². The van der Waals surface area contributed by atoms with Crippen LogP contribution >= 0.6 is 0 Å². The van der Waals surface area contributed by atoms with Gasteiger partial charge < -0.3 is 4.90 Å². The molecular formula is C20H33NO. The molecule has 5 rings (SSSR count). The molecule has 0 heterocycles. The van der Waals surface area contributed by atoms with Gasteiger partial charge in [0.15, 0.2) is 0 Å². The maximum Gasteiger partial charge on any atom is 0.223 e. The van der Waals surface area contributed by atoms with Gasteiger partial charge in [0.2, 0.25) is 5.91 Å². The number of nitrogens with zero attached hydrogens (tertiary/aromatic N) is 1. The minimum atomic E-state index is 0.398. The standard InChI is InChI=1S/C20H33NO/c1-13(2)14(3)21(18-4-5-18)19(22)12-20-9-15-6-16(10-20)8-17(7-15)11-20/h13-18H,4-12H2,1-3H3/t14-,15?,16?,17?,20?/m0/s1. The molecular weight excluding hydrogens is 270 g/mol. The maximum atomic E-state index is 13.2. The van der Waals surface area contributed by atoms with E-state index < -0.39 is 0 Å². The number of carbonyl (C=O) groups is 1. The number of amides is 1. The lowest BCUT2D eigenvalue weighted by Crippen LogP contribution is -2.50. The smallest absolute Gasteiger partial charge is 0.223 e. The zero-order valence-corrected chi connectivity index (χ0v) is 14.7. The fraction of sp³-hybridized carbons (Fsp3) is 0.950. The molecule has 124 valence electrons. The summed E-state index contributed by atoms with van der Waals surface area (Å²) in [5.74, 6) is 3.93. The average molecular weight is 303 g/mol. The first kappa shape index (κ1) is 15.0. The topological polar surface area (TPSA) is 20.3 Å². The Balaban J connectivity index is 1.49. The van der Waals surface area contributed by atoms with Gasteiger partial charge in [-0.05, 0) is 87.4 Å². The predicted molar refractivity (Wildman–Crippen MR) is 89.4 cm³/mol. The molecule has 0 spiro atoms. The highest BCUT2D eigenvalue weighted by Gasteiger charge is 2.52. The molecule has 2 nitrogen and oxygen atoms in total. The van der Waals surface area contributed by atoms with E-state index in [1.807, 2.05) is 0 Å². The summed E-state index contributed by atoms with van der Waals surface area (Å²) < 4.78 is 0. The normalized spacial score (nSPS) is 41.0. The van der Waals surface area contributed by atoms with Crippen LogP contribution in [0.15, 0.2) is 0 Å². The summed E-state index contributed by atoms with van der Waals surface area (Å²) in [6.07, 6.45) is 11.8. The van der Waals surface area contributed by atoms with Crippen molar-refractivity contribution in [2.45, 2.75) is 90.6 Å². The molecule has 0 N–H and O–H groups in total. The Hall–Kier alpha value is -0.530. The van der Waals surface area contributed by atoms with Gasteiger partial charge in [0.25, 0.3) is 0 Å². The molecule has 5 fully saturated rings. The van der Waals surface area contributed by atoms with Crippen molar-refractivity contribution in [3.05, 3.63) is 0 Å². The van der Waals surface area contributed by atoms with Gasteiger partial charge in [-0.1, -0.05) is 13.8 Å². The minimum Gasteiger partial charge on any atom is -0.337 e. The van der Waals surface area contributed by atoms with Crippen LogP contribution in [0.2, 0.25) is 0 Å². The van der Waals surface area contributed by atoms with Gasteiger partial charge in [-0.15, -0.1) is 0 Å². The van der Waals surface area contributed by atoms with Gasteiger partial charge in [0.05, 0.1) is 0 Å². The summed E-state index contributed by atoms with van der Waals surface area (Å²) in [6, 6.07) is 0.979. The molecule has 1 amide bonds. The highest BCUT2D eigenvalue weighted by atomic mass is 16.2. The van der Waals surface area contributed by atoms with Crippen LogP contribution in [0.4, 0.5) is 0 Å². The quantitative estimate of drug-likeness (QED) is 0.725. The van der Waals surface area contributed by atoms with Crippen molar-refractivity contribution in [2.24, 2.45) is 29.1 Å². The summed E-state index contributed by atoms with van der Waals surface area (Å²) in [5.41, 5.74) is 0.398. The van der Waals surface area contributed by atoms with E-state index in [1.165, 1.54) is 51.4 Å². The third-order valence-electron chi connectivity index (χ3n) is 7.32. The van der Waals surface area contributed by atoms with E-state index in [4.69, 9.17) is 0 Å². The molecule has 2 heteroatoms. The lowest BCUT2D eigenvalue weighted by molar-refractivity contribution is -0.143. The monoisotopic (exact) mass is 303 g/mol. The van der Waals surface area contributed by atoms with Gasteiger partial charge in [0, 0.05) is 18.5 Å². The Labute approximate surface area is 136 Å². The third kappa shape index (κ3) is 2.61. The summed E-state index contributed by atoms with van der Waals surface area (Å²) in [7, 11) is 0. The van der Waals surface area contributed by atoms with Crippen LogP contribution in [-0.2, 0) is 4.79 Å². The molecule has 1 atom stereocenters. The fourth-order valence-electron chi connectivity index (χ4n) is 6.36. The van der Waals surface area contributed by atoms with Crippen molar-refractivity contribution in [3.8, 4) is 0 Å². The number of carbonyl (C=O) groups excluding carboxylic acids is 1. The highest BCUT2D eigenvalue weighted by Crippen LogP contribution is 2.61. The third-order valence-corrected chi connectivity index (χ3v) is 7.32. The van der Waals surface area contributed by atoms with Gasteiger partial charge in [0.1, 0.15) is 0 Å². The summed E-state index contributed by atoms with van der Waals surface area (Å²) in [6.45, 7) is 6.79. The summed E-state index contributed by atoms with van der Waals surface area (Å²) in [5, 5.41) is 0. The van der Waals surface area contributed by atoms with Crippen molar-refractivity contribution < 1.29 is 4.79 Å². The van der Waals surface area contributed by atoms with Crippen LogP contribution in [0, 0.1) is 29.1 Å². The van der Waals surface area contributed by atoms with E-state index in [-0.39, 0.29) is 0 Å². The molecule has 0 aromatic rings. The average Bonchev–Trinajstić information content (AvgIpc) is 3.20. The zero-order chi connectivity index (χ0) is 15.5. The zero-order valence-electron chi connectivity index (χ0n) is 14.7. The molecule has 0 unspecified atom stereocenters. The van der Waals surface area contributed by atoms with Gasteiger partial charge in [-0.3, -0.25) is 4.79 Å². The summed E-state index contributed by atoms with van der Waals surface area (Å²) in [4.78, 5) is 15.5. The molecule has 22 heavy (non-hydrogen) atoms. The van der Waals surface area contributed by atoms with Crippen molar-refractivity contribution in [1.82, 2.24) is 4.90 Å².